The Balaban J connectivity index is -0.00000126. The number of nitrogens with two attached hydrogens (primary N) is 2. The number of aromatic nitrogens is 8. The summed E-state index contributed by atoms with van der Waals surface area (Å²) in [7, 11) is 8.26. The summed E-state index contributed by atoms with van der Waals surface area (Å²) in [6.45, 7) is 6.56. The molecule has 0 atom stereocenters. The minimum Gasteiger partial charge on any atom is -0.562 e. The smallest absolute Gasteiger partial charge is 0.431 e. The molecule has 8 aromatic rings. The molecule has 4 aromatic heterocycles. The van der Waals surface area contributed by atoms with Gasteiger partial charge in [0, 0.05) is 201 Å². The first-order chi connectivity index (χ1) is 45.8. The number of benzene rings is 4. The van der Waals surface area contributed by atoms with Crippen molar-refractivity contribution in [2.75, 3.05) is 32.8 Å². The Morgan fingerprint density at radius 1 is 0.490 bits per heavy atom. The Bertz CT molecular complexity index is 4990. The number of ether oxygens (including phenoxy) is 3. The van der Waals surface area contributed by atoms with Gasteiger partial charge in [0.05, 0.1) is 27.1 Å². The third-order valence-electron chi connectivity index (χ3n) is 13.0. The second-order valence-corrected chi connectivity index (χ2v) is 27.5. The molecule has 6 N–H and O–H groups in total. The normalized spacial score (nSPS) is 10.7. The summed E-state index contributed by atoms with van der Waals surface area (Å²) in [6.07, 6.45) is -18.9. The van der Waals surface area contributed by atoms with Crippen LogP contribution >= 0.6 is 96.1 Å². The van der Waals surface area contributed by atoms with Gasteiger partial charge in [0.2, 0.25) is 5.69 Å². The van der Waals surface area contributed by atoms with Crippen LogP contribution in [0.4, 0.5) is 69.7 Å². The van der Waals surface area contributed by atoms with Crippen LogP contribution < -0.4 is 47.9 Å². The number of alkyl halides is 12. The average Bonchev–Trinajstić information content (AvgIpc) is 0.779. The van der Waals surface area contributed by atoms with E-state index in [0.717, 1.165) is 59.1 Å². The Morgan fingerprint density at radius 3 is 1.04 bits per heavy atom. The number of rotatable bonds is 8. The van der Waals surface area contributed by atoms with Crippen molar-refractivity contribution < 1.29 is 219 Å². The second-order valence-electron chi connectivity index (χ2n) is 19.6. The molecule has 0 bridgehead atoms. The number of nitrogens with zero attached hydrogens (tertiary/aromatic N) is 10. The van der Waals surface area contributed by atoms with E-state index in [1.165, 1.54) is 39.3 Å². The number of anilines is 2. The molecule has 0 aliphatic rings. The van der Waals surface area contributed by atoms with Crippen LogP contribution in [-0.4, -0.2) is 81.4 Å². The fourth-order valence-corrected chi connectivity index (χ4v) is 9.43. The Labute approximate surface area is 727 Å². The number of phenols is 1. The van der Waals surface area contributed by atoms with Crippen molar-refractivity contribution in [1.82, 2.24) is 36.5 Å². The molecule has 49 heteroatoms. The molecule has 8 rings (SSSR count). The van der Waals surface area contributed by atoms with Gasteiger partial charge in [-0.25, -0.2) is 0 Å². The second kappa shape index (κ2) is 42.1. The molecule has 0 spiro atoms. The van der Waals surface area contributed by atoms with Crippen molar-refractivity contribution in [3.8, 4) is 45.7 Å². The number of halogens is 15. The monoisotopic (exact) mass is 2050 g/mol. The van der Waals surface area contributed by atoms with Gasteiger partial charge in [0.25, 0.3) is 27.3 Å². The van der Waals surface area contributed by atoms with E-state index in [2.05, 4.69) is 71.5 Å². The molecular formula is C55H50BBr3F12N12O13S4Y4-4. The summed E-state index contributed by atoms with van der Waals surface area (Å²) in [5.74, 6) is -0.364. The van der Waals surface area contributed by atoms with Gasteiger partial charge < -0.3 is 54.3 Å². The molecule has 0 fully saturated rings. The number of aromatic hydroxyl groups is 1. The molecule has 25 nitrogen and oxygen atoms in total. The van der Waals surface area contributed by atoms with Crippen molar-refractivity contribution in [1.29, 1.82) is 0 Å². The van der Waals surface area contributed by atoms with E-state index in [9.17, 15) is 87.1 Å². The number of aryl methyl sites for hydroxylation is 4. The van der Waals surface area contributed by atoms with E-state index in [0.29, 0.717) is 59.4 Å². The topological polar surface area (TPSA) is 314 Å². The molecule has 0 aliphatic carbocycles. The predicted molar refractivity (Wildman–Crippen MR) is 362 cm³/mol. The third-order valence-corrected chi connectivity index (χ3v) is 14.9. The van der Waals surface area contributed by atoms with Crippen molar-refractivity contribution in [2.24, 2.45) is 28.2 Å². The van der Waals surface area contributed by atoms with Gasteiger partial charge in [-0.1, -0.05) is 33.3 Å². The average molecular weight is 2050 g/mol. The summed E-state index contributed by atoms with van der Waals surface area (Å²) in [6, 6.07) is 19.9. The number of nitro benzene ring substituents is 1. The van der Waals surface area contributed by atoms with Crippen molar-refractivity contribution in [3.63, 3.8) is 0 Å². The third kappa shape index (κ3) is 25.4. The maximum absolute atomic E-state index is 13.0. The first-order valence-electron chi connectivity index (χ1n) is 26.3. The van der Waals surface area contributed by atoms with Crippen LogP contribution in [0.3, 0.4) is 0 Å². The molecule has 104 heavy (non-hydrogen) atoms. The zero-order valence-electron chi connectivity index (χ0n) is 54.9. The van der Waals surface area contributed by atoms with Crippen molar-refractivity contribution in [2.45, 2.75) is 52.4 Å². The molecule has 0 saturated heterocycles. The van der Waals surface area contributed by atoms with Gasteiger partial charge in [-0.15, -0.1) is 74.6 Å². The van der Waals surface area contributed by atoms with Crippen LogP contribution in [0.5, 0.6) is 23.0 Å². The number of phenolic OH excluding ortho intramolecular Hbond substituents is 1. The van der Waals surface area contributed by atoms with E-state index >= 15 is 0 Å². The molecule has 4 heterocycles. The number of methoxy groups -OCH3 is 3. The maximum Gasteiger partial charge on any atom is 0.431 e. The standard InChI is InChI=1S/C14H11F3N3O4S.C14H13F3N3O2S.C14H12F3N2O2S.C13H11F3N3O2S.BBr3.HNO3.4Y.H2/c1-7-4-5-8(12(24-3)11(7)20(22)23)19-10(21)6-9(14(15,16)17)18(2)13(19)25;1-7-4-5-8(12(22-3)11(7)18)20-10(21)6-9(14(15,16)17)19(2)13(20)23;1-8-4-5-9(10(6-8)21-3)19-12(20)7-11(14(15,16)17)18(2)13(19)22;1-6-3-4-7(11(21)10(6)17)19-9(20)5-8(13(14,15)16)18(2)12(19)22;2*2-1(3)4;;;;;/h4,6H,1-3H3;4,6H,18H2,1-3H3;4,6-7H,1-3H3;3,5,21H,17H2,1-2H3;;(H,2,3,4);;;;;1H/q4*-1;;;;;;;. The van der Waals surface area contributed by atoms with E-state index < -0.39 is 101 Å². The zero-order chi connectivity index (χ0) is 77.3. The Hall–Kier alpha value is -4.24. The number of hydrogen-bond acceptors (Lipinski definition) is 18. The molecule has 0 unspecified atom stereocenters. The van der Waals surface area contributed by atoms with Crippen LogP contribution in [0.25, 0.3) is 22.7 Å². The van der Waals surface area contributed by atoms with Crippen LogP contribution in [0, 0.1) is 91.3 Å². The summed E-state index contributed by atoms with van der Waals surface area (Å²) in [4.78, 5) is 67.5. The SMILES string of the molecule is BrB(Br)Br.COc1c(-n2c(=O)cc(C(F)(F)F)n(C)c2=S)[c-]cc(C)c1N.COc1c(-n2c(=O)cc(C(F)(F)F)n(C)c2=S)[c-]cc(C)c1[N+](=O)[O-].COc1cc(C)c[c-]c1-n1c(=O)cc(C(F)(F)F)n(C)c1=S.Cc1c[c-]c(-n2c(=O)cc(C(F)(F)F)n(C)c2=S)c(O)c1N.O=[N+]([O-])O.[HH].[Y].[Y].[Y].[Y]. The molecular weight excluding hydrogens is 2000 g/mol. The Kier molecular flexibility index (Phi) is 41.2. The van der Waals surface area contributed by atoms with Gasteiger partial charge in [-0.05, 0) is 83.0 Å². The summed E-state index contributed by atoms with van der Waals surface area (Å²) >= 11 is 29.2. The molecule has 0 saturated carbocycles. The number of hydrogen-bond donors (Lipinski definition) is 4. The molecule has 4 aromatic carbocycles. The minimum absolute atomic E-state index is 0. The van der Waals surface area contributed by atoms with Gasteiger partial charge in [0.1, 0.15) is 28.5 Å². The predicted octanol–water partition coefficient (Wildman–Crippen LogP) is 13.0. The zero-order valence-corrected chi connectivity index (χ0v) is 74.3. The van der Waals surface area contributed by atoms with Crippen molar-refractivity contribution >= 4 is 116 Å². The summed E-state index contributed by atoms with van der Waals surface area (Å²) < 4.78 is 175. The molecule has 0 aliphatic heterocycles. The van der Waals surface area contributed by atoms with Crippen LogP contribution in [0.1, 0.15) is 46.5 Å². The van der Waals surface area contributed by atoms with Crippen LogP contribution in [0.2, 0.25) is 0 Å². The number of nitrogen functional groups attached to an aromatic ring is 2. The number of nitro groups is 1. The van der Waals surface area contributed by atoms with Gasteiger partial charge in [0.15, 0.2) is 19.1 Å². The van der Waals surface area contributed by atoms with E-state index in [-0.39, 0.29) is 196 Å². The quantitative estimate of drug-likeness (QED) is 0.0160. The van der Waals surface area contributed by atoms with Crippen LogP contribution in [-0.2, 0) is 184 Å². The van der Waals surface area contributed by atoms with Gasteiger partial charge >= 0.3 is 27.9 Å². The van der Waals surface area contributed by atoms with Gasteiger partial charge in [-0.3, -0.25) is 47.6 Å². The maximum atomic E-state index is 13.0. The molecule has 0 amide bonds. The fourth-order valence-electron chi connectivity index (χ4n) is 8.31. The molecule has 4 radical (unpaired) electrons. The first-order valence-corrected chi connectivity index (χ1v) is 30.7. The van der Waals surface area contributed by atoms with E-state index in [1.807, 2.05) is 0 Å². The van der Waals surface area contributed by atoms with E-state index in [1.54, 1.807) is 32.9 Å². The summed E-state index contributed by atoms with van der Waals surface area (Å²) in [5, 5.41) is 34.9. The van der Waals surface area contributed by atoms with E-state index in [4.69, 9.17) is 89.9 Å². The van der Waals surface area contributed by atoms with Crippen molar-refractivity contribution in [3.05, 3.63) is 205 Å². The largest absolute Gasteiger partial charge is 0.562 e. The molecule has 556 valence electrons. The first kappa shape index (κ1) is 102. The fraction of sp³-hybridized carbons (Fsp3) is 0.273. The Morgan fingerprint density at radius 2 is 0.750 bits per heavy atom. The minimum atomic E-state index is -4.78. The van der Waals surface area contributed by atoms with Gasteiger partial charge in [-0.2, -0.15) is 107 Å². The summed E-state index contributed by atoms with van der Waals surface area (Å²) in [5.41, 5.74) is 4.73. The van der Waals surface area contributed by atoms with Crippen LogP contribution in [0.15, 0.2) is 73.8 Å².